The number of benzene rings is 2. The topological polar surface area (TPSA) is 129 Å². The zero-order chi connectivity index (χ0) is 25.8. The number of hydrogen-bond donors (Lipinski definition) is 5. The third-order valence-corrected chi connectivity index (χ3v) is 4.88. The molecular weight excluding hydrogens is 476 g/mol. The average molecular weight is 500 g/mol. The van der Waals surface area contributed by atoms with Gasteiger partial charge in [0.15, 0.2) is 0 Å². The maximum Gasteiger partial charge on any atom is 0.323 e. The zero-order valence-corrected chi connectivity index (χ0v) is 20.0. The van der Waals surface area contributed by atoms with Crippen LogP contribution in [0.1, 0.15) is 32.0 Å². The van der Waals surface area contributed by atoms with Crippen LogP contribution in [0.2, 0.25) is 5.02 Å². The molecule has 0 unspecified atom stereocenters. The maximum atomic E-state index is 14.6. The van der Waals surface area contributed by atoms with E-state index in [4.69, 9.17) is 22.7 Å². The van der Waals surface area contributed by atoms with Gasteiger partial charge in [-0.1, -0.05) is 17.7 Å². The SMILES string of the molecule is CC(C)(C)N/C=C(\C(=N)c1ccnc(N)n1)c1ccc(F)c(NC(=O)Nc2cc(F)ccc2Cl)c1. The van der Waals surface area contributed by atoms with E-state index in [-0.39, 0.29) is 39.3 Å². The number of hydrogen-bond acceptors (Lipinski definition) is 6. The van der Waals surface area contributed by atoms with Gasteiger partial charge in [0.2, 0.25) is 5.95 Å². The van der Waals surface area contributed by atoms with Crippen LogP contribution < -0.4 is 21.7 Å². The van der Waals surface area contributed by atoms with Crippen molar-refractivity contribution in [3.63, 3.8) is 0 Å². The molecule has 182 valence electrons. The summed E-state index contributed by atoms with van der Waals surface area (Å²) in [6.45, 7) is 5.81. The minimum Gasteiger partial charge on any atom is -0.386 e. The monoisotopic (exact) mass is 499 g/mol. The first-order chi connectivity index (χ1) is 16.4. The first-order valence-electron chi connectivity index (χ1n) is 10.4. The van der Waals surface area contributed by atoms with Crippen LogP contribution in [0.25, 0.3) is 5.57 Å². The van der Waals surface area contributed by atoms with Gasteiger partial charge in [-0.25, -0.2) is 23.5 Å². The fraction of sp³-hybridized carbons (Fsp3) is 0.167. The van der Waals surface area contributed by atoms with Crippen LogP contribution >= 0.6 is 11.6 Å². The number of nitrogens with one attached hydrogen (secondary N) is 4. The van der Waals surface area contributed by atoms with Crippen LogP contribution in [0.5, 0.6) is 0 Å². The summed E-state index contributed by atoms with van der Waals surface area (Å²) in [5.41, 5.74) is 6.26. The smallest absolute Gasteiger partial charge is 0.323 e. The summed E-state index contributed by atoms with van der Waals surface area (Å²) in [4.78, 5) is 20.4. The van der Waals surface area contributed by atoms with Gasteiger partial charge in [0, 0.05) is 23.5 Å². The van der Waals surface area contributed by atoms with Crippen LogP contribution in [0, 0.1) is 17.0 Å². The number of halogens is 3. The number of allylic oxidation sites excluding steroid dienone is 1. The number of nitrogens with two attached hydrogens (primary N) is 1. The lowest BCUT2D eigenvalue weighted by Gasteiger charge is -2.21. The highest BCUT2D eigenvalue weighted by Gasteiger charge is 2.18. The van der Waals surface area contributed by atoms with E-state index in [2.05, 4.69) is 25.9 Å². The molecule has 0 fully saturated rings. The van der Waals surface area contributed by atoms with Crippen molar-refractivity contribution in [1.82, 2.24) is 15.3 Å². The second-order valence-corrected chi connectivity index (χ2v) is 8.93. The normalized spacial score (nSPS) is 11.7. The van der Waals surface area contributed by atoms with E-state index in [1.165, 1.54) is 30.5 Å². The van der Waals surface area contributed by atoms with Gasteiger partial charge in [-0.15, -0.1) is 0 Å². The molecular formula is C24H24ClF2N7O. The van der Waals surface area contributed by atoms with Crippen molar-refractivity contribution in [3.8, 4) is 0 Å². The molecule has 0 spiro atoms. The first kappa shape index (κ1) is 25.6. The molecule has 3 aromatic rings. The predicted octanol–water partition coefficient (Wildman–Crippen LogP) is 5.43. The molecule has 3 rings (SSSR count). The fourth-order valence-corrected chi connectivity index (χ4v) is 3.06. The Bertz CT molecular complexity index is 1310. The fourth-order valence-electron chi connectivity index (χ4n) is 2.90. The van der Waals surface area contributed by atoms with Crippen molar-refractivity contribution < 1.29 is 13.6 Å². The summed E-state index contributed by atoms with van der Waals surface area (Å²) >= 11 is 5.98. The van der Waals surface area contributed by atoms with Crippen molar-refractivity contribution in [2.75, 3.05) is 16.4 Å². The number of rotatable bonds is 6. The van der Waals surface area contributed by atoms with Gasteiger partial charge in [-0.05, 0) is 62.7 Å². The summed E-state index contributed by atoms with van der Waals surface area (Å²) in [6.07, 6.45) is 3.05. The van der Waals surface area contributed by atoms with E-state index in [1.807, 2.05) is 20.8 Å². The van der Waals surface area contributed by atoms with Gasteiger partial charge in [0.1, 0.15) is 11.6 Å². The molecule has 0 saturated heterocycles. The molecule has 8 nitrogen and oxygen atoms in total. The van der Waals surface area contributed by atoms with E-state index in [0.29, 0.717) is 11.1 Å². The van der Waals surface area contributed by atoms with Crippen molar-refractivity contribution in [2.45, 2.75) is 26.3 Å². The van der Waals surface area contributed by atoms with Crippen LogP contribution in [-0.2, 0) is 0 Å². The number of anilines is 3. The van der Waals surface area contributed by atoms with Crippen molar-refractivity contribution >= 4 is 46.2 Å². The number of nitrogens with zero attached hydrogens (tertiary/aromatic N) is 2. The molecule has 1 aromatic heterocycles. The lowest BCUT2D eigenvalue weighted by molar-refractivity contribution is 0.262. The highest BCUT2D eigenvalue weighted by atomic mass is 35.5. The Balaban J connectivity index is 1.94. The molecule has 1 heterocycles. The Morgan fingerprint density at radius 1 is 1.09 bits per heavy atom. The predicted molar refractivity (Wildman–Crippen MR) is 135 cm³/mol. The Morgan fingerprint density at radius 2 is 1.80 bits per heavy atom. The first-order valence-corrected chi connectivity index (χ1v) is 10.8. The third kappa shape index (κ3) is 6.97. The van der Waals surface area contributed by atoms with Crippen LogP contribution in [-0.4, -0.2) is 27.2 Å². The number of urea groups is 1. The quantitative estimate of drug-likeness (QED) is 0.289. The van der Waals surface area contributed by atoms with Crippen LogP contribution in [0.4, 0.5) is 30.9 Å². The molecule has 0 atom stereocenters. The summed E-state index contributed by atoms with van der Waals surface area (Å²) in [7, 11) is 0. The molecule has 0 aliphatic carbocycles. The van der Waals surface area contributed by atoms with E-state index in [0.717, 1.165) is 18.2 Å². The van der Waals surface area contributed by atoms with Crippen LogP contribution in [0.3, 0.4) is 0 Å². The number of carbonyl (C=O) groups excluding carboxylic acids is 1. The van der Waals surface area contributed by atoms with Gasteiger partial charge in [0.25, 0.3) is 0 Å². The summed E-state index contributed by atoms with van der Waals surface area (Å²) in [6, 6.07) is 8.18. The summed E-state index contributed by atoms with van der Waals surface area (Å²) in [5, 5.41) is 16.8. The van der Waals surface area contributed by atoms with E-state index in [1.54, 1.807) is 6.20 Å². The molecule has 0 saturated carbocycles. The average Bonchev–Trinajstić information content (AvgIpc) is 2.77. The standard InChI is InChI=1S/C24H24ClF2N7O/c1-24(2,3)31-12-15(21(28)18-8-9-30-22(29)32-18)13-4-7-17(27)20(10-13)34-23(35)33-19-11-14(26)5-6-16(19)25/h4-12,28,31H,1-3H3,(H2,29,30,32)(H2,33,34,35)/b15-12-,28-21?. The second-order valence-electron chi connectivity index (χ2n) is 8.53. The van der Waals surface area contributed by atoms with Gasteiger partial charge in [0.05, 0.1) is 27.8 Å². The molecule has 0 radical (unpaired) electrons. The number of aromatic nitrogens is 2. The van der Waals surface area contributed by atoms with Gasteiger partial charge < -0.3 is 21.7 Å². The van der Waals surface area contributed by atoms with Crippen LogP contribution in [0.15, 0.2) is 54.9 Å². The van der Waals surface area contributed by atoms with Crippen molar-refractivity contribution in [1.29, 1.82) is 5.41 Å². The third-order valence-electron chi connectivity index (χ3n) is 4.55. The van der Waals surface area contributed by atoms with Crippen molar-refractivity contribution in [3.05, 3.63) is 82.8 Å². The number of amides is 2. The summed E-state index contributed by atoms with van der Waals surface area (Å²) in [5.74, 6) is -1.30. The van der Waals surface area contributed by atoms with Crippen molar-refractivity contribution in [2.24, 2.45) is 0 Å². The lowest BCUT2D eigenvalue weighted by atomic mass is 9.98. The minimum absolute atomic E-state index is 0.00408. The van der Waals surface area contributed by atoms with Gasteiger partial charge in [-0.2, -0.15) is 0 Å². The largest absolute Gasteiger partial charge is 0.386 e. The Kier molecular flexibility index (Phi) is 7.65. The maximum absolute atomic E-state index is 14.6. The lowest BCUT2D eigenvalue weighted by Crippen LogP contribution is -2.32. The van der Waals surface area contributed by atoms with E-state index < -0.39 is 17.7 Å². The van der Waals surface area contributed by atoms with E-state index >= 15 is 0 Å². The molecule has 2 amide bonds. The Morgan fingerprint density at radius 3 is 2.49 bits per heavy atom. The summed E-state index contributed by atoms with van der Waals surface area (Å²) < 4.78 is 28.1. The Hall–Kier alpha value is -4.05. The molecule has 0 bridgehead atoms. The molecule has 11 heteroatoms. The molecule has 0 aliphatic rings. The highest BCUT2D eigenvalue weighted by molar-refractivity contribution is 6.33. The van der Waals surface area contributed by atoms with Gasteiger partial charge >= 0.3 is 6.03 Å². The second kappa shape index (κ2) is 10.5. The number of carbonyl (C=O) groups is 1. The minimum atomic E-state index is -0.828. The molecule has 0 aliphatic heterocycles. The molecule has 6 N–H and O–H groups in total. The molecule has 2 aromatic carbocycles. The number of nitrogen functional groups attached to an aromatic ring is 1. The zero-order valence-electron chi connectivity index (χ0n) is 19.2. The van der Waals surface area contributed by atoms with Gasteiger partial charge in [-0.3, -0.25) is 5.41 Å². The highest BCUT2D eigenvalue weighted by Crippen LogP contribution is 2.26. The van der Waals surface area contributed by atoms with E-state index in [9.17, 15) is 13.6 Å². The molecule has 35 heavy (non-hydrogen) atoms. The Labute approximate surface area is 206 Å².